The standard InChI is InChI=1S/C24H21N5O3/c1-28(2)18-10-8-16(9-11-18)15-25-27-24(30)23-22(17-6-4-3-5-7-17)20-14-19(29(31)32)12-13-21(20)26-23/h3-15,26H,1-2H3,(H,27,30)/b25-15+. The predicted molar refractivity (Wildman–Crippen MR) is 126 cm³/mol. The highest BCUT2D eigenvalue weighted by atomic mass is 16.6. The van der Waals surface area contributed by atoms with E-state index in [4.69, 9.17) is 0 Å². The maximum atomic E-state index is 13.0. The van der Waals surface area contributed by atoms with Crippen molar-refractivity contribution in [3.05, 3.63) is 94.2 Å². The summed E-state index contributed by atoms with van der Waals surface area (Å²) >= 11 is 0. The fourth-order valence-electron chi connectivity index (χ4n) is 3.45. The molecule has 0 saturated heterocycles. The van der Waals surface area contributed by atoms with E-state index >= 15 is 0 Å². The quantitative estimate of drug-likeness (QED) is 0.267. The first-order valence-corrected chi connectivity index (χ1v) is 9.90. The zero-order valence-electron chi connectivity index (χ0n) is 17.6. The maximum Gasteiger partial charge on any atom is 0.288 e. The van der Waals surface area contributed by atoms with Crippen LogP contribution in [0.4, 0.5) is 11.4 Å². The van der Waals surface area contributed by atoms with Crippen molar-refractivity contribution in [1.29, 1.82) is 0 Å². The number of hydrazone groups is 1. The first kappa shape index (κ1) is 20.8. The van der Waals surface area contributed by atoms with Crippen LogP contribution in [-0.2, 0) is 0 Å². The molecule has 0 radical (unpaired) electrons. The number of nitrogens with one attached hydrogen (secondary N) is 2. The first-order chi connectivity index (χ1) is 15.4. The molecule has 0 atom stereocenters. The number of carbonyl (C=O) groups is 1. The molecular formula is C24H21N5O3. The second-order valence-electron chi connectivity index (χ2n) is 7.41. The molecule has 1 heterocycles. The number of aromatic amines is 1. The van der Waals surface area contributed by atoms with Gasteiger partial charge in [-0.15, -0.1) is 0 Å². The van der Waals surface area contributed by atoms with Gasteiger partial charge in [0.25, 0.3) is 11.6 Å². The summed E-state index contributed by atoms with van der Waals surface area (Å²) < 4.78 is 0. The van der Waals surface area contributed by atoms with Crippen molar-refractivity contribution in [2.24, 2.45) is 5.10 Å². The van der Waals surface area contributed by atoms with Gasteiger partial charge < -0.3 is 9.88 Å². The van der Waals surface area contributed by atoms with Crippen LogP contribution >= 0.6 is 0 Å². The van der Waals surface area contributed by atoms with E-state index in [0.717, 1.165) is 16.8 Å². The fourth-order valence-corrected chi connectivity index (χ4v) is 3.45. The Bertz CT molecular complexity index is 1310. The van der Waals surface area contributed by atoms with E-state index < -0.39 is 10.8 Å². The normalized spacial score (nSPS) is 11.1. The molecule has 8 nitrogen and oxygen atoms in total. The Hall–Kier alpha value is -4.46. The minimum absolute atomic E-state index is 0.0418. The third-order valence-corrected chi connectivity index (χ3v) is 5.07. The Balaban J connectivity index is 1.67. The number of carbonyl (C=O) groups excluding carboxylic acids is 1. The molecule has 0 aliphatic carbocycles. The lowest BCUT2D eigenvalue weighted by atomic mass is 10.0. The zero-order valence-corrected chi connectivity index (χ0v) is 17.6. The monoisotopic (exact) mass is 427 g/mol. The molecule has 0 aliphatic rings. The van der Waals surface area contributed by atoms with Crippen molar-refractivity contribution in [3.63, 3.8) is 0 Å². The van der Waals surface area contributed by atoms with Crippen molar-refractivity contribution in [2.75, 3.05) is 19.0 Å². The number of nitrogens with zero attached hydrogens (tertiary/aromatic N) is 3. The Morgan fingerprint density at radius 3 is 2.44 bits per heavy atom. The van der Waals surface area contributed by atoms with Gasteiger partial charge in [0.05, 0.1) is 11.1 Å². The van der Waals surface area contributed by atoms with Crippen molar-refractivity contribution in [1.82, 2.24) is 10.4 Å². The summed E-state index contributed by atoms with van der Waals surface area (Å²) in [6, 6.07) is 21.5. The van der Waals surface area contributed by atoms with Gasteiger partial charge in [0, 0.05) is 48.4 Å². The van der Waals surface area contributed by atoms with Gasteiger partial charge in [0.2, 0.25) is 0 Å². The van der Waals surface area contributed by atoms with Gasteiger partial charge in [0.15, 0.2) is 0 Å². The number of hydrogen-bond acceptors (Lipinski definition) is 5. The molecule has 0 unspecified atom stereocenters. The molecule has 1 amide bonds. The smallest absolute Gasteiger partial charge is 0.288 e. The van der Waals surface area contributed by atoms with Gasteiger partial charge in [-0.1, -0.05) is 42.5 Å². The molecule has 0 saturated carbocycles. The highest BCUT2D eigenvalue weighted by molar-refractivity contribution is 6.10. The van der Waals surface area contributed by atoms with Crippen LogP contribution in [0.2, 0.25) is 0 Å². The minimum atomic E-state index is -0.452. The largest absolute Gasteiger partial charge is 0.378 e. The Morgan fingerprint density at radius 2 is 1.78 bits per heavy atom. The molecule has 2 N–H and O–H groups in total. The number of rotatable bonds is 6. The first-order valence-electron chi connectivity index (χ1n) is 9.90. The Kier molecular flexibility index (Phi) is 5.67. The number of anilines is 1. The second kappa shape index (κ2) is 8.73. The van der Waals surface area contributed by atoms with E-state index in [0.29, 0.717) is 16.5 Å². The zero-order chi connectivity index (χ0) is 22.7. The summed E-state index contributed by atoms with van der Waals surface area (Å²) in [7, 11) is 3.92. The number of non-ortho nitro benzene ring substituents is 1. The third kappa shape index (κ3) is 4.20. The van der Waals surface area contributed by atoms with Gasteiger partial charge in [-0.05, 0) is 29.3 Å². The number of nitro groups is 1. The second-order valence-corrected chi connectivity index (χ2v) is 7.41. The van der Waals surface area contributed by atoms with Crippen molar-refractivity contribution in [2.45, 2.75) is 0 Å². The lowest BCUT2D eigenvalue weighted by Gasteiger charge is -2.11. The van der Waals surface area contributed by atoms with Gasteiger partial charge in [-0.3, -0.25) is 14.9 Å². The van der Waals surface area contributed by atoms with E-state index in [9.17, 15) is 14.9 Å². The predicted octanol–water partition coefficient (Wildman–Crippen LogP) is 4.57. The summed E-state index contributed by atoms with van der Waals surface area (Å²) in [5.41, 5.74) is 6.68. The number of nitro benzene ring substituents is 1. The van der Waals surface area contributed by atoms with E-state index in [1.807, 2.05) is 73.6 Å². The van der Waals surface area contributed by atoms with Crippen molar-refractivity contribution in [3.8, 4) is 11.1 Å². The molecule has 0 bridgehead atoms. The topological polar surface area (TPSA) is 104 Å². The molecule has 4 aromatic rings. The van der Waals surface area contributed by atoms with Crippen LogP contribution in [0, 0.1) is 10.1 Å². The molecular weight excluding hydrogens is 406 g/mol. The number of H-pyrrole nitrogens is 1. The molecule has 1 aromatic heterocycles. The van der Waals surface area contributed by atoms with Crippen LogP contribution < -0.4 is 10.3 Å². The van der Waals surface area contributed by atoms with Crippen LogP contribution in [0.25, 0.3) is 22.0 Å². The summed E-state index contributed by atoms with van der Waals surface area (Å²) in [5, 5.41) is 15.9. The minimum Gasteiger partial charge on any atom is -0.378 e. The number of hydrogen-bond donors (Lipinski definition) is 2. The van der Waals surface area contributed by atoms with Crippen molar-refractivity contribution >= 4 is 34.4 Å². The van der Waals surface area contributed by atoms with E-state index in [1.54, 1.807) is 12.3 Å². The van der Waals surface area contributed by atoms with Crippen LogP contribution in [0.15, 0.2) is 77.9 Å². The Labute approximate surface area is 184 Å². The van der Waals surface area contributed by atoms with Gasteiger partial charge >= 0.3 is 0 Å². The van der Waals surface area contributed by atoms with Gasteiger partial charge in [-0.2, -0.15) is 5.10 Å². The Morgan fingerprint density at radius 1 is 1.06 bits per heavy atom. The number of benzene rings is 3. The van der Waals surface area contributed by atoms with Crippen LogP contribution in [0.1, 0.15) is 16.1 Å². The maximum absolute atomic E-state index is 13.0. The number of fused-ring (bicyclic) bond motifs is 1. The molecule has 32 heavy (non-hydrogen) atoms. The average Bonchev–Trinajstić information content (AvgIpc) is 3.19. The molecule has 0 fully saturated rings. The molecule has 3 aromatic carbocycles. The molecule has 4 rings (SSSR count). The van der Waals surface area contributed by atoms with Crippen molar-refractivity contribution < 1.29 is 9.72 Å². The SMILES string of the molecule is CN(C)c1ccc(/C=N/NC(=O)c2[nH]c3ccc([N+](=O)[O-])cc3c2-c2ccccc2)cc1. The fraction of sp³-hybridized carbons (Fsp3) is 0.0833. The highest BCUT2D eigenvalue weighted by Gasteiger charge is 2.21. The van der Waals surface area contributed by atoms with E-state index in [-0.39, 0.29) is 11.4 Å². The molecule has 0 spiro atoms. The molecule has 160 valence electrons. The number of amides is 1. The summed E-state index contributed by atoms with van der Waals surface area (Å²) in [4.78, 5) is 28.9. The summed E-state index contributed by atoms with van der Waals surface area (Å²) in [6.45, 7) is 0. The van der Waals surface area contributed by atoms with Crippen LogP contribution in [0.3, 0.4) is 0 Å². The highest BCUT2D eigenvalue weighted by Crippen LogP contribution is 2.34. The lowest BCUT2D eigenvalue weighted by molar-refractivity contribution is -0.384. The molecule has 0 aliphatic heterocycles. The summed E-state index contributed by atoms with van der Waals surface area (Å²) in [6.07, 6.45) is 1.56. The summed E-state index contributed by atoms with van der Waals surface area (Å²) in [5.74, 6) is -0.441. The average molecular weight is 427 g/mol. The molecule has 8 heteroatoms. The third-order valence-electron chi connectivity index (χ3n) is 5.07. The van der Waals surface area contributed by atoms with Crippen LogP contribution in [-0.4, -0.2) is 36.1 Å². The van der Waals surface area contributed by atoms with E-state index in [2.05, 4.69) is 15.5 Å². The van der Waals surface area contributed by atoms with Gasteiger partial charge in [0.1, 0.15) is 5.69 Å². The number of aromatic nitrogens is 1. The van der Waals surface area contributed by atoms with E-state index in [1.165, 1.54) is 12.1 Å². The van der Waals surface area contributed by atoms with Crippen LogP contribution in [0.5, 0.6) is 0 Å². The lowest BCUT2D eigenvalue weighted by Crippen LogP contribution is -2.18. The van der Waals surface area contributed by atoms with Gasteiger partial charge in [-0.25, -0.2) is 5.43 Å².